The number of aromatic nitrogens is 1. The fourth-order valence-electron chi connectivity index (χ4n) is 2.76. The van der Waals surface area contributed by atoms with Gasteiger partial charge in [0.25, 0.3) is 5.91 Å². The molecule has 0 spiro atoms. The highest BCUT2D eigenvalue weighted by Crippen LogP contribution is 2.22. The van der Waals surface area contributed by atoms with E-state index in [4.69, 9.17) is 9.15 Å². The summed E-state index contributed by atoms with van der Waals surface area (Å²) in [5, 5.41) is 2.97. The van der Waals surface area contributed by atoms with Crippen LogP contribution in [0.5, 0.6) is 0 Å². The Bertz CT molecular complexity index is 690. The van der Waals surface area contributed by atoms with Gasteiger partial charge in [0.1, 0.15) is 5.52 Å². The molecule has 24 heavy (non-hydrogen) atoms. The molecule has 0 bridgehead atoms. The van der Waals surface area contributed by atoms with E-state index in [1.54, 1.807) is 12.1 Å². The quantitative estimate of drug-likeness (QED) is 0.823. The molecule has 6 heteroatoms. The van der Waals surface area contributed by atoms with E-state index in [1.165, 1.54) is 0 Å². The molecule has 1 fully saturated rings. The minimum Gasteiger partial charge on any atom is -0.440 e. The van der Waals surface area contributed by atoms with E-state index in [0.29, 0.717) is 23.6 Å². The van der Waals surface area contributed by atoms with Gasteiger partial charge in [-0.3, -0.25) is 9.69 Å². The number of hydrogen-bond acceptors (Lipinski definition) is 5. The van der Waals surface area contributed by atoms with Crippen molar-refractivity contribution in [1.29, 1.82) is 0 Å². The number of carbonyl (C=O) groups excluding carboxylic acids is 1. The molecule has 2 aromatic rings. The SMILES string of the molecule is CC(C)c1nc2ccc(C(=O)NCCCN3CCOCC3)cc2o1. The lowest BCUT2D eigenvalue weighted by Gasteiger charge is -2.26. The van der Waals surface area contributed by atoms with Crippen molar-refractivity contribution in [2.75, 3.05) is 39.4 Å². The zero-order valence-corrected chi connectivity index (χ0v) is 14.4. The van der Waals surface area contributed by atoms with Gasteiger partial charge in [0.2, 0.25) is 0 Å². The standard InChI is InChI=1S/C18H25N3O3/c1-13(2)18-20-15-5-4-14(12-16(15)24-18)17(22)19-6-3-7-21-8-10-23-11-9-21/h4-5,12-13H,3,6-11H2,1-2H3,(H,19,22). The predicted molar refractivity (Wildman–Crippen MR) is 92.3 cm³/mol. The maximum Gasteiger partial charge on any atom is 0.251 e. The molecule has 1 aromatic carbocycles. The number of amides is 1. The van der Waals surface area contributed by atoms with Crippen LogP contribution in [0.4, 0.5) is 0 Å². The highest BCUT2D eigenvalue weighted by Gasteiger charge is 2.13. The number of benzene rings is 1. The van der Waals surface area contributed by atoms with Crippen LogP contribution in [0.15, 0.2) is 22.6 Å². The van der Waals surface area contributed by atoms with Crippen LogP contribution in [0, 0.1) is 0 Å². The van der Waals surface area contributed by atoms with Crippen LogP contribution in [0.1, 0.15) is 42.4 Å². The first-order valence-electron chi connectivity index (χ1n) is 8.62. The van der Waals surface area contributed by atoms with E-state index in [2.05, 4.69) is 15.2 Å². The molecular weight excluding hydrogens is 306 g/mol. The van der Waals surface area contributed by atoms with Crippen LogP contribution in [0.2, 0.25) is 0 Å². The third-order valence-electron chi connectivity index (χ3n) is 4.20. The Morgan fingerprint density at radius 2 is 2.12 bits per heavy atom. The van der Waals surface area contributed by atoms with Crippen molar-refractivity contribution in [3.63, 3.8) is 0 Å². The number of fused-ring (bicyclic) bond motifs is 1. The summed E-state index contributed by atoms with van der Waals surface area (Å²) in [4.78, 5) is 19.1. The molecule has 6 nitrogen and oxygen atoms in total. The van der Waals surface area contributed by atoms with E-state index < -0.39 is 0 Å². The maximum absolute atomic E-state index is 12.3. The molecule has 1 aliphatic heterocycles. The van der Waals surface area contributed by atoms with E-state index in [-0.39, 0.29) is 11.8 Å². The molecular formula is C18H25N3O3. The summed E-state index contributed by atoms with van der Waals surface area (Å²) in [6, 6.07) is 5.41. The molecule has 0 saturated carbocycles. The Morgan fingerprint density at radius 1 is 1.33 bits per heavy atom. The number of nitrogens with zero attached hydrogens (tertiary/aromatic N) is 2. The summed E-state index contributed by atoms with van der Waals surface area (Å²) in [5.74, 6) is 0.865. The van der Waals surface area contributed by atoms with Crippen molar-refractivity contribution in [3.05, 3.63) is 29.7 Å². The number of nitrogens with one attached hydrogen (secondary N) is 1. The van der Waals surface area contributed by atoms with Crippen molar-refractivity contribution in [3.8, 4) is 0 Å². The van der Waals surface area contributed by atoms with Gasteiger partial charge >= 0.3 is 0 Å². The van der Waals surface area contributed by atoms with Crippen LogP contribution in [-0.2, 0) is 4.74 Å². The molecule has 130 valence electrons. The van der Waals surface area contributed by atoms with Crippen molar-refractivity contribution in [2.24, 2.45) is 0 Å². The van der Waals surface area contributed by atoms with Crippen molar-refractivity contribution in [2.45, 2.75) is 26.2 Å². The van der Waals surface area contributed by atoms with Crippen LogP contribution in [-0.4, -0.2) is 55.2 Å². The summed E-state index contributed by atoms with van der Waals surface area (Å²) in [6.45, 7) is 9.30. The first-order chi connectivity index (χ1) is 11.6. The first kappa shape index (κ1) is 16.9. The highest BCUT2D eigenvalue weighted by atomic mass is 16.5. The van der Waals surface area contributed by atoms with Gasteiger partial charge in [-0.05, 0) is 31.2 Å². The summed E-state index contributed by atoms with van der Waals surface area (Å²) >= 11 is 0. The maximum atomic E-state index is 12.3. The number of hydrogen-bond donors (Lipinski definition) is 1. The summed E-state index contributed by atoms with van der Waals surface area (Å²) in [6.07, 6.45) is 0.938. The van der Waals surface area contributed by atoms with E-state index in [0.717, 1.165) is 44.8 Å². The monoisotopic (exact) mass is 331 g/mol. The third-order valence-corrected chi connectivity index (χ3v) is 4.20. The van der Waals surface area contributed by atoms with Gasteiger partial charge in [0, 0.05) is 31.1 Å². The molecule has 0 atom stereocenters. The Labute approximate surface area is 142 Å². The zero-order chi connectivity index (χ0) is 16.9. The van der Waals surface area contributed by atoms with Gasteiger partial charge in [-0.2, -0.15) is 0 Å². The van der Waals surface area contributed by atoms with Crippen LogP contribution >= 0.6 is 0 Å². The highest BCUT2D eigenvalue weighted by molar-refractivity contribution is 5.96. The molecule has 1 amide bonds. The largest absolute Gasteiger partial charge is 0.440 e. The minimum atomic E-state index is -0.0682. The first-order valence-corrected chi connectivity index (χ1v) is 8.62. The lowest BCUT2D eigenvalue weighted by molar-refractivity contribution is 0.0374. The Kier molecular flexibility index (Phi) is 5.48. The number of oxazole rings is 1. The fraction of sp³-hybridized carbons (Fsp3) is 0.556. The second-order valence-corrected chi connectivity index (χ2v) is 6.45. The molecule has 1 saturated heterocycles. The molecule has 1 aromatic heterocycles. The zero-order valence-electron chi connectivity index (χ0n) is 14.4. The topological polar surface area (TPSA) is 67.6 Å². The molecule has 0 unspecified atom stereocenters. The van der Waals surface area contributed by atoms with Gasteiger partial charge < -0.3 is 14.5 Å². The summed E-state index contributed by atoms with van der Waals surface area (Å²) in [7, 11) is 0. The molecule has 3 rings (SSSR count). The number of morpholine rings is 1. The molecule has 0 aliphatic carbocycles. The van der Waals surface area contributed by atoms with Crippen LogP contribution in [0.3, 0.4) is 0 Å². The Balaban J connectivity index is 1.51. The van der Waals surface area contributed by atoms with Crippen molar-refractivity contribution < 1.29 is 13.9 Å². The molecule has 1 aliphatic rings. The lowest BCUT2D eigenvalue weighted by Crippen LogP contribution is -2.38. The molecule has 0 radical (unpaired) electrons. The number of ether oxygens (including phenoxy) is 1. The summed E-state index contributed by atoms with van der Waals surface area (Å²) < 4.78 is 11.0. The van der Waals surface area contributed by atoms with Crippen molar-refractivity contribution >= 4 is 17.0 Å². The third kappa shape index (κ3) is 4.13. The Morgan fingerprint density at radius 3 is 2.88 bits per heavy atom. The minimum absolute atomic E-state index is 0.0682. The van der Waals surface area contributed by atoms with E-state index in [1.807, 2.05) is 19.9 Å². The second-order valence-electron chi connectivity index (χ2n) is 6.45. The summed E-state index contributed by atoms with van der Waals surface area (Å²) in [5.41, 5.74) is 2.07. The average Bonchev–Trinajstić information content (AvgIpc) is 3.03. The smallest absolute Gasteiger partial charge is 0.251 e. The second kappa shape index (κ2) is 7.77. The van der Waals surface area contributed by atoms with Crippen molar-refractivity contribution in [1.82, 2.24) is 15.2 Å². The number of carbonyl (C=O) groups is 1. The fourth-order valence-corrected chi connectivity index (χ4v) is 2.76. The van der Waals surface area contributed by atoms with E-state index in [9.17, 15) is 4.79 Å². The van der Waals surface area contributed by atoms with Crippen LogP contribution in [0.25, 0.3) is 11.1 Å². The normalized spacial score (nSPS) is 16.0. The Hall–Kier alpha value is -1.92. The number of rotatable bonds is 6. The van der Waals surface area contributed by atoms with Gasteiger partial charge in [-0.15, -0.1) is 0 Å². The average molecular weight is 331 g/mol. The van der Waals surface area contributed by atoms with Gasteiger partial charge in [-0.1, -0.05) is 13.8 Å². The molecule has 2 heterocycles. The lowest BCUT2D eigenvalue weighted by atomic mass is 10.2. The van der Waals surface area contributed by atoms with Gasteiger partial charge in [0.15, 0.2) is 11.5 Å². The predicted octanol–water partition coefficient (Wildman–Crippen LogP) is 2.40. The van der Waals surface area contributed by atoms with Gasteiger partial charge in [0.05, 0.1) is 13.2 Å². The van der Waals surface area contributed by atoms with E-state index >= 15 is 0 Å². The molecule has 1 N–H and O–H groups in total. The van der Waals surface area contributed by atoms with Gasteiger partial charge in [-0.25, -0.2) is 4.98 Å². The van der Waals surface area contributed by atoms with Crippen LogP contribution < -0.4 is 5.32 Å².